The summed E-state index contributed by atoms with van der Waals surface area (Å²) in [7, 11) is 0. The quantitative estimate of drug-likeness (QED) is 0.0500. The number of amides is 2. The molecule has 48 heavy (non-hydrogen) atoms. The monoisotopic (exact) mass is 681 g/mol. The van der Waals surface area contributed by atoms with Gasteiger partial charge in [0.1, 0.15) is 13.1 Å². The second kappa shape index (κ2) is 39.6. The number of esters is 2. The predicted molar refractivity (Wildman–Crippen MR) is 202 cm³/mol. The van der Waals surface area contributed by atoms with E-state index in [0.29, 0.717) is 13.2 Å². The molecule has 0 aliphatic heterocycles. The zero-order valence-corrected chi connectivity index (χ0v) is 32.0. The molecule has 0 aromatic heterocycles. The second-order valence-electron chi connectivity index (χ2n) is 14.1. The Kier molecular flexibility index (Phi) is 38.2. The summed E-state index contributed by atoms with van der Waals surface area (Å²) in [5.74, 6) is -0.922. The molecule has 0 rings (SSSR count). The fourth-order valence-electron chi connectivity index (χ4n) is 6.14. The maximum atomic E-state index is 11.9. The molecule has 0 fully saturated rings. The van der Waals surface area contributed by atoms with E-state index < -0.39 is 18.0 Å². The first-order valence-electron chi connectivity index (χ1n) is 20.9. The van der Waals surface area contributed by atoms with Crippen molar-refractivity contribution in [3.8, 4) is 0 Å². The average molecular weight is 681 g/mol. The van der Waals surface area contributed by atoms with Crippen LogP contribution in [0, 0.1) is 0 Å². The second-order valence-corrected chi connectivity index (χ2v) is 14.1. The van der Waals surface area contributed by atoms with Crippen LogP contribution < -0.4 is 10.6 Å². The maximum Gasteiger partial charge on any atom is 0.325 e. The first-order valence-corrected chi connectivity index (χ1v) is 20.9. The topological polar surface area (TPSA) is 93.7 Å². The van der Waals surface area contributed by atoms with Gasteiger partial charge >= 0.3 is 18.0 Å². The summed E-state index contributed by atoms with van der Waals surface area (Å²) < 4.78 is 10.4. The van der Waals surface area contributed by atoms with Crippen molar-refractivity contribution in [1.82, 2.24) is 10.6 Å². The molecule has 0 atom stereocenters. The lowest BCUT2D eigenvalue weighted by atomic mass is 10.0. The summed E-state index contributed by atoms with van der Waals surface area (Å²) in [6.45, 7) is 4.89. The number of hydrogen-bond acceptors (Lipinski definition) is 5. The van der Waals surface area contributed by atoms with E-state index in [2.05, 4.69) is 24.5 Å². The van der Waals surface area contributed by atoms with Crippen LogP contribution in [-0.2, 0) is 19.1 Å². The predicted octanol–water partition coefficient (Wildman–Crippen LogP) is 11.9. The zero-order valence-electron chi connectivity index (χ0n) is 32.0. The number of unbranched alkanes of at least 4 members (excludes halogenated alkanes) is 30. The van der Waals surface area contributed by atoms with Gasteiger partial charge in [0.15, 0.2) is 0 Å². The minimum absolute atomic E-state index is 0.209. The fourth-order valence-corrected chi connectivity index (χ4v) is 6.14. The summed E-state index contributed by atoms with van der Waals surface area (Å²) in [4.78, 5) is 35.6. The van der Waals surface area contributed by atoms with Crippen LogP contribution in [-0.4, -0.2) is 44.3 Å². The Balaban J connectivity index is 3.36. The molecule has 0 aromatic carbocycles. The number of ether oxygens (including phenoxy) is 2. The average Bonchev–Trinajstić information content (AvgIpc) is 3.09. The fraction of sp³-hybridized carbons (Fsp3) is 0.927. The van der Waals surface area contributed by atoms with Gasteiger partial charge in [0.2, 0.25) is 0 Å². The minimum atomic E-state index is -0.575. The highest BCUT2D eigenvalue weighted by Gasteiger charge is 2.09. The third-order valence-corrected chi connectivity index (χ3v) is 9.31. The van der Waals surface area contributed by atoms with Crippen LogP contribution in [0.5, 0.6) is 0 Å². The van der Waals surface area contributed by atoms with Crippen molar-refractivity contribution in [2.24, 2.45) is 0 Å². The molecule has 0 unspecified atom stereocenters. The molecule has 7 heteroatoms. The van der Waals surface area contributed by atoms with E-state index in [1.165, 1.54) is 180 Å². The van der Waals surface area contributed by atoms with E-state index in [9.17, 15) is 14.4 Å². The Morgan fingerprint density at radius 1 is 0.333 bits per heavy atom. The molecule has 2 N–H and O–H groups in total. The van der Waals surface area contributed by atoms with Crippen LogP contribution >= 0.6 is 0 Å². The van der Waals surface area contributed by atoms with E-state index in [-0.39, 0.29) is 13.1 Å². The van der Waals surface area contributed by atoms with Crippen LogP contribution in [0.4, 0.5) is 4.79 Å². The zero-order chi connectivity index (χ0) is 35.0. The molecule has 7 nitrogen and oxygen atoms in total. The molecule has 0 bridgehead atoms. The lowest BCUT2D eigenvalue weighted by Crippen LogP contribution is -2.41. The molecule has 0 saturated heterocycles. The molecule has 0 aliphatic carbocycles. The number of carbonyl (C=O) groups is 3. The van der Waals surface area contributed by atoms with Gasteiger partial charge in [-0.2, -0.15) is 0 Å². The van der Waals surface area contributed by atoms with Crippen molar-refractivity contribution in [3.63, 3.8) is 0 Å². The highest BCUT2D eigenvalue weighted by Crippen LogP contribution is 2.15. The van der Waals surface area contributed by atoms with Gasteiger partial charge in [-0.25, -0.2) is 4.79 Å². The Labute approximate surface area is 297 Å². The molecule has 0 spiro atoms. The Hall–Kier alpha value is -1.79. The van der Waals surface area contributed by atoms with Gasteiger partial charge in [0, 0.05) is 0 Å². The van der Waals surface area contributed by atoms with Crippen molar-refractivity contribution in [3.05, 3.63) is 0 Å². The molecule has 284 valence electrons. The van der Waals surface area contributed by atoms with Gasteiger partial charge in [-0.05, 0) is 12.8 Å². The molecule has 0 heterocycles. The standard InChI is InChI=1S/C41H80N2O5/c1-3-5-7-9-11-13-15-17-19-21-23-25-27-29-31-33-35-47-39(44)37-42-41(46)43-38-40(45)48-36-34-32-30-28-26-24-22-20-18-16-14-12-10-8-6-4-2/h3-38H2,1-2H3,(H2,42,43,46). The third-order valence-electron chi connectivity index (χ3n) is 9.31. The van der Waals surface area contributed by atoms with Crippen molar-refractivity contribution < 1.29 is 23.9 Å². The largest absolute Gasteiger partial charge is 0.464 e. The SMILES string of the molecule is CCCCCCCCCCCCCCCCCCOC(=O)CNC(=O)NCC(=O)OCCCCCCCCCCCCCCCCCC. The first-order chi connectivity index (χ1) is 23.6. The normalized spacial score (nSPS) is 11.0. The van der Waals surface area contributed by atoms with Crippen LogP contribution in [0.2, 0.25) is 0 Å². The summed E-state index contributed by atoms with van der Waals surface area (Å²) in [6.07, 6.45) is 41.7. The van der Waals surface area contributed by atoms with Crippen molar-refractivity contribution >= 4 is 18.0 Å². The molecule has 0 aromatic rings. The van der Waals surface area contributed by atoms with Crippen molar-refractivity contribution in [2.75, 3.05) is 26.3 Å². The van der Waals surface area contributed by atoms with Crippen LogP contribution in [0.3, 0.4) is 0 Å². The van der Waals surface area contributed by atoms with Gasteiger partial charge in [0.05, 0.1) is 13.2 Å². The summed E-state index contributed by atoms with van der Waals surface area (Å²) in [5, 5.41) is 4.88. The van der Waals surface area contributed by atoms with Crippen molar-refractivity contribution in [2.45, 2.75) is 219 Å². The van der Waals surface area contributed by atoms with Gasteiger partial charge in [-0.3, -0.25) is 9.59 Å². The van der Waals surface area contributed by atoms with E-state index in [0.717, 1.165) is 25.7 Å². The summed E-state index contributed by atoms with van der Waals surface area (Å²) >= 11 is 0. The number of rotatable bonds is 38. The number of hydrogen-bond donors (Lipinski definition) is 2. The first kappa shape index (κ1) is 46.2. The van der Waals surface area contributed by atoms with Gasteiger partial charge in [-0.1, -0.05) is 206 Å². The molecule has 2 amide bonds. The van der Waals surface area contributed by atoms with Crippen LogP contribution in [0.1, 0.15) is 219 Å². The van der Waals surface area contributed by atoms with E-state index in [4.69, 9.17) is 9.47 Å². The molecule has 0 saturated carbocycles. The van der Waals surface area contributed by atoms with Crippen molar-refractivity contribution in [1.29, 1.82) is 0 Å². The van der Waals surface area contributed by atoms with E-state index >= 15 is 0 Å². The number of nitrogens with one attached hydrogen (secondary N) is 2. The van der Waals surface area contributed by atoms with Crippen LogP contribution in [0.25, 0.3) is 0 Å². The van der Waals surface area contributed by atoms with Gasteiger partial charge in [0.25, 0.3) is 0 Å². The minimum Gasteiger partial charge on any atom is -0.464 e. The molecule has 0 radical (unpaired) electrons. The molecule has 0 aliphatic rings. The smallest absolute Gasteiger partial charge is 0.325 e. The molecular formula is C41H80N2O5. The number of carbonyl (C=O) groups excluding carboxylic acids is 3. The van der Waals surface area contributed by atoms with Gasteiger partial charge < -0.3 is 20.1 Å². The molecular weight excluding hydrogens is 600 g/mol. The van der Waals surface area contributed by atoms with Crippen LogP contribution in [0.15, 0.2) is 0 Å². The Bertz CT molecular complexity index is 646. The third kappa shape index (κ3) is 38.7. The van der Waals surface area contributed by atoms with Gasteiger partial charge in [-0.15, -0.1) is 0 Å². The van der Waals surface area contributed by atoms with E-state index in [1.54, 1.807) is 0 Å². The highest BCUT2D eigenvalue weighted by atomic mass is 16.5. The van der Waals surface area contributed by atoms with E-state index in [1.807, 2.05) is 0 Å². The lowest BCUT2D eigenvalue weighted by Gasteiger charge is -2.09. The Morgan fingerprint density at radius 2 is 0.542 bits per heavy atom. The Morgan fingerprint density at radius 3 is 0.771 bits per heavy atom. The lowest BCUT2D eigenvalue weighted by molar-refractivity contribution is -0.143. The summed E-state index contributed by atoms with van der Waals surface area (Å²) in [6, 6.07) is -0.575. The summed E-state index contributed by atoms with van der Waals surface area (Å²) in [5.41, 5.74) is 0. The maximum absolute atomic E-state index is 11.9. The highest BCUT2D eigenvalue weighted by molar-refractivity contribution is 5.83. The number of urea groups is 1.